The fraction of sp³-hybridized carbons (Fsp3) is 0.312. The third kappa shape index (κ3) is 4.76. The molecule has 0 unspecified atom stereocenters. The Hall–Kier alpha value is -2.48. The maximum atomic E-state index is 12.1. The minimum absolute atomic E-state index is 0.0619. The van der Waals surface area contributed by atoms with Gasteiger partial charge < -0.3 is 9.73 Å². The Morgan fingerprint density at radius 1 is 1.21 bits per heavy atom. The molecule has 2 rings (SSSR count). The Balaban J connectivity index is 2.12. The van der Waals surface area contributed by atoms with E-state index in [4.69, 9.17) is 4.42 Å². The van der Waals surface area contributed by atoms with Crippen LogP contribution in [0.25, 0.3) is 6.08 Å². The van der Waals surface area contributed by atoms with Crippen LogP contribution in [0.2, 0.25) is 0 Å². The normalized spacial score (nSPS) is 13.3. The summed E-state index contributed by atoms with van der Waals surface area (Å²) in [6, 6.07) is 8.81. The Labute approximate surface area is 140 Å². The van der Waals surface area contributed by atoms with Crippen molar-refractivity contribution >= 4 is 21.8 Å². The Kier molecular flexibility index (Phi) is 5.50. The molecule has 1 heterocycles. The number of sulfone groups is 1. The fourth-order valence-electron chi connectivity index (χ4n) is 1.95. The predicted molar refractivity (Wildman–Crippen MR) is 88.6 cm³/mol. The van der Waals surface area contributed by atoms with E-state index in [-0.39, 0.29) is 17.7 Å². The number of benzene rings is 1. The van der Waals surface area contributed by atoms with Gasteiger partial charge in [-0.2, -0.15) is 0 Å². The summed E-state index contributed by atoms with van der Waals surface area (Å²) in [4.78, 5) is 12.1. The molecule has 0 fully saturated rings. The second kappa shape index (κ2) is 7.39. The zero-order valence-electron chi connectivity index (χ0n) is 13.6. The molecular formula is C16H19N3O4S. The van der Waals surface area contributed by atoms with Gasteiger partial charge in [-0.25, -0.2) is 8.42 Å². The van der Waals surface area contributed by atoms with Crippen LogP contribution < -0.4 is 5.32 Å². The highest BCUT2D eigenvalue weighted by Gasteiger charge is 2.26. The van der Waals surface area contributed by atoms with Gasteiger partial charge in [-0.15, -0.1) is 5.10 Å². The summed E-state index contributed by atoms with van der Waals surface area (Å²) in [6.07, 6.45) is 4.07. The van der Waals surface area contributed by atoms with Crippen LogP contribution in [0.5, 0.6) is 0 Å². The van der Waals surface area contributed by atoms with Crippen LogP contribution in [0.15, 0.2) is 46.0 Å². The van der Waals surface area contributed by atoms with Crippen molar-refractivity contribution in [2.45, 2.75) is 25.1 Å². The van der Waals surface area contributed by atoms with Gasteiger partial charge in [0.15, 0.2) is 0 Å². The van der Waals surface area contributed by atoms with Gasteiger partial charge in [-0.1, -0.05) is 49.3 Å². The van der Waals surface area contributed by atoms with E-state index >= 15 is 0 Å². The quantitative estimate of drug-likeness (QED) is 0.800. The summed E-state index contributed by atoms with van der Waals surface area (Å²) in [7, 11) is -3.58. The predicted octanol–water partition coefficient (Wildman–Crippen LogP) is 2.00. The lowest BCUT2D eigenvalue weighted by molar-refractivity contribution is -0.117. The lowest BCUT2D eigenvalue weighted by Gasteiger charge is -2.17. The minimum atomic E-state index is -3.58. The third-order valence-electron chi connectivity index (χ3n) is 3.20. The lowest BCUT2D eigenvalue weighted by atomic mass is 10.0. The van der Waals surface area contributed by atoms with E-state index in [0.29, 0.717) is 0 Å². The molecule has 0 aliphatic carbocycles. The molecule has 7 nitrogen and oxygen atoms in total. The smallest absolute Gasteiger partial charge is 0.335 e. The van der Waals surface area contributed by atoms with Crippen LogP contribution in [0.3, 0.4) is 0 Å². The van der Waals surface area contributed by atoms with Crippen LogP contribution in [0.4, 0.5) is 0 Å². The van der Waals surface area contributed by atoms with Crippen molar-refractivity contribution in [1.82, 2.24) is 15.5 Å². The molecule has 0 bridgehead atoms. The average molecular weight is 349 g/mol. The molecule has 0 aliphatic rings. The molecule has 0 saturated carbocycles. The number of nitrogens with zero attached hydrogens (tertiary/aromatic N) is 2. The SMILES string of the molecule is CC(C)[C@H](NC(=O)/C=C/c1ccccc1)c1nnc(S(C)(=O)=O)o1. The van der Waals surface area contributed by atoms with Crippen LogP contribution in [-0.2, 0) is 14.6 Å². The maximum Gasteiger partial charge on any atom is 0.335 e. The average Bonchev–Trinajstić information content (AvgIpc) is 3.01. The van der Waals surface area contributed by atoms with Gasteiger partial charge in [0, 0.05) is 12.3 Å². The lowest BCUT2D eigenvalue weighted by Crippen LogP contribution is -2.30. The van der Waals surface area contributed by atoms with E-state index < -0.39 is 21.1 Å². The van der Waals surface area contributed by atoms with Crippen LogP contribution in [-0.4, -0.2) is 30.8 Å². The van der Waals surface area contributed by atoms with Crippen molar-refractivity contribution in [3.8, 4) is 0 Å². The number of carbonyl (C=O) groups is 1. The van der Waals surface area contributed by atoms with Gasteiger partial charge in [0.2, 0.25) is 21.6 Å². The van der Waals surface area contributed by atoms with E-state index in [2.05, 4.69) is 15.5 Å². The maximum absolute atomic E-state index is 12.1. The van der Waals surface area contributed by atoms with Crippen molar-refractivity contribution in [3.63, 3.8) is 0 Å². The van der Waals surface area contributed by atoms with Gasteiger partial charge in [0.1, 0.15) is 6.04 Å². The van der Waals surface area contributed by atoms with E-state index in [9.17, 15) is 13.2 Å². The summed E-state index contributed by atoms with van der Waals surface area (Å²) < 4.78 is 28.0. The molecule has 1 aromatic heterocycles. The van der Waals surface area contributed by atoms with Crippen molar-refractivity contribution in [1.29, 1.82) is 0 Å². The van der Waals surface area contributed by atoms with Crippen LogP contribution in [0.1, 0.15) is 31.3 Å². The molecule has 128 valence electrons. The first-order valence-corrected chi connectivity index (χ1v) is 9.23. The summed E-state index contributed by atoms with van der Waals surface area (Å²) in [6.45, 7) is 3.71. The highest BCUT2D eigenvalue weighted by atomic mass is 32.2. The van der Waals surface area contributed by atoms with Gasteiger partial charge in [0.25, 0.3) is 0 Å². The number of hydrogen-bond donors (Lipinski definition) is 1. The van der Waals surface area contributed by atoms with Gasteiger partial charge in [0.05, 0.1) is 0 Å². The zero-order valence-corrected chi connectivity index (χ0v) is 14.4. The number of rotatable bonds is 6. The third-order valence-corrected chi connectivity index (χ3v) is 4.00. The summed E-state index contributed by atoms with van der Waals surface area (Å²) >= 11 is 0. The van der Waals surface area contributed by atoms with E-state index in [1.54, 1.807) is 6.08 Å². The number of aromatic nitrogens is 2. The fourth-order valence-corrected chi connectivity index (χ4v) is 2.37. The van der Waals surface area contributed by atoms with Crippen molar-refractivity contribution in [3.05, 3.63) is 47.9 Å². The zero-order chi connectivity index (χ0) is 17.7. The van der Waals surface area contributed by atoms with Crippen LogP contribution in [0, 0.1) is 5.92 Å². The number of nitrogens with one attached hydrogen (secondary N) is 1. The topological polar surface area (TPSA) is 102 Å². The molecule has 0 saturated heterocycles. The van der Waals surface area contributed by atoms with E-state index in [1.807, 2.05) is 44.2 Å². The highest BCUT2D eigenvalue weighted by molar-refractivity contribution is 7.90. The molecular weight excluding hydrogens is 330 g/mol. The standard InChI is InChI=1S/C16H19N3O4S/c1-11(2)14(15-18-19-16(23-15)24(3,21)22)17-13(20)10-9-12-7-5-4-6-8-12/h4-11,14H,1-3H3,(H,17,20)/b10-9+/t14-/m0/s1. The van der Waals surface area contributed by atoms with Crippen molar-refractivity contribution in [2.24, 2.45) is 5.92 Å². The molecule has 2 aromatic rings. The molecule has 1 atom stereocenters. The van der Waals surface area contributed by atoms with Crippen LogP contribution >= 0.6 is 0 Å². The number of hydrogen-bond acceptors (Lipinski definition) is 6. The Bertz CT molecular complexity index is 826. The number of carbonyl (C=O) groups excluding carboxylic acids is 1. The van der Waals surface area contributed by atoms with Gasteiger partial charge in [-0.05, 0) is 17.6 Å². The van der Waals surface area contributed by atoms with E-state index in [1.165, 1.54) is 6.08 Å². The molecule has 1 aromatic carbocycles. The first-order valence-electron chi connectivity index (χ1n) is 7.34. The number of amides is 1. The second-order valence-corrected chi connectivity index (χ2v) is 7.55. The second-order valence-electron chi connectivity index (χ2n) is 5.65. The Morgan fingerprint density at radius 2 is 1.88 bits per heavy atom. The van der Waals surface area contributed by atoms with Crippen molar-refractivity contribution < 1.29 is 17.6 Å². The molecule has 0 radical (unpaired) electrons. The first kappa shape index (κ1) is 17.9. The Morgan fingerprint density at radius 3 is 2.42 bits per heavy atom. The van der Waals surface area contributed by atoms with Gasteiger partial charge in [-0.3, -0.25) is 4.79 Å². The monoisotopic (exact) mass is 349 g/mol. The first-order chi connectivity index (χ1) is 11.3. The molecule has 0 spiro atoms. The minimum Gasteiger partial charge on any atom is -0.410 e. The molecule has 1 N–H and O–H groups in total. The van der Waals surface area contributed by atoms with E-state index in [0.717, 1.165) is 11.8 Å². The molecule has 8 heteroatoms. The van der Waals surface area contributed by atoms with Crippen molar-refractivity contribution in [2.75, 3.05) is 6.26 Å². The molecule has 0 aliphatic heterocycles. The molecule has 1 amide bonds. The largest absolute Gasteiger partial charge is 0.410 e. The summed E-state index contributed by atoms with van der Waals surface area (Å²) in [5, 5.41) is 9.55. The summed E-state index contributed by atoms with van der Waals surface area (Å²) in [5.41, 5.74) is 0.894. The van der Waals surface area contributed by atoms with Gasteiger partial charge >= 0.3 is 5.22 Å². The molecule has 24 heavy (non-hydrogen) atoms. The summed E-state index contributed by atoms with van der Waals surface area (Å²) in [5.74, 6) is -0.338. The highest BCUT2D eigenvalue weighted by Crippen LogP contribution is 2.21.